The standard InChI is InChI=1S/C16H27NO3/c1-13-5-4-6-15(9-13)20-11-14(19)10-17-12-16(2,3)7-8-18/h4-6,9,14,17-19H,7-8,10-12H2,1-3H3. The Labute approximate surface area is 121 Å². The minimum absolute atomic E-state index is 0.0336. The van der Waals surface area contributed by atoms with Crippen molar-refractivity contribution >= 4 is 0 Å². The molecule has 0 aliphatic heterocycles. The van der Waals surface area contributed by atoms with Gasteiger partial charge in [-0.25, -0.2) is 0 Å². The van der Waals surface area contributed by atoms with Crippen molar-refractivity contribution in [2.45, 2.75) is 33.3 Å². The lowest BCUT2D eigenvalue weighted by Crippen LogP contribution is -2.37. The molecule has 4 heteroatoms. The highest BCUT2D eigenvalue weighted by Crippen LogP contribution is 2.17. The Kier molecular flexibility index (Phi) is 6.99. The number of nitrogens with one attached hydrogen (secondary N) is 1. The molecule has 0 aliphatic rings. The SMILES string of the molecule is Cc1cccc(OCC(O)CNCC(C)(C)CCO)c1. The van der Waals surface area contributed by atoms with Crippen LogP contribution in [0.2, 0.25) is 0 Å². The zero-order chi connectivity index (χ0) is 15.0. The van der Waals surface area contributed by atoms with E-state index >= 15 is 0 Å². The van der Waals surface area contributed by atoms with Crippen LogP contribution in [0.3, 0.4) is 0 Å². The molecule has 0 saturated heterocycles. The van der Waals surface area contributed by atoms with Crippen molar-refractivity contribution in [2.24, 2.45) is 5.41 Å². The summed E-state index contributed by atoms with van der Waals surface area (Å²) in [5.41, 5.74) is 1.17. The zero-order valence-electron chi connectivity index (χ0n) is 12.7. The highest BCUT2D eigenvalue weighted by Gasteiger charge is 2.17. The maximum Gasteiger partial charge on any atom is 0.119 e. The maximum atomic E-state index is 9.87. The molecule has 0 fully saturated rings. The number of hydrogen-bond acceptors (Lipinski definition) is 4. The number of benzene rings is 1. The molecule has 1 atom stereocenters. The third kappa shape index (κ3) is 6.89. The Balaban J connectivity index is 2.22. The summed E-state index contributed by atoms with van der Waals surface area (Å²) >= 11 is 0. The first-order valence-electron chi connectivity index (χ1n) is 7.12. The van der Waals surface area contributed by atoms with Gasteiger partial charge in [-0.1, -0.05) is 26.0 Å². The van der Waals surface area contributed by atoms with Gasteiger partial charge in [0.05, 0.1) is 0 Å². The molecule has 0 heterocycles. The Morgan fingerprint density at radius 3 is 2.75 bits per heavy atom. The maximum absolute atomic E-state index is 9.87. The number of aryl methyl sites for hydroxylation is 1. The fourth-order valence-corrected chi connectivity index (χ4v) is 1.92. The Bertz CT molecular complexity index is 393. The normalized spacial score (nSPS) is 13.2. The molecule has 0 spiro atoms. The lowest BCUT2D eigenvalue weighted by atomic mass is 9.90. The van der Waals surface area contributed by atoms with E-state index in [-0.39, 0.29) is 18.6 Å². The molecule has 20 heavy (non-hydrogen) atoms. The van der Waals surface area contributed by atoms with Crippen LogP contribution < -0.4 is 10.1 Å². The zero-order valence-corrected chi connectivity index (χ0v) is 12.7. The van der Waals surface area contributed by atoms with Crippen molar-refractivity contribution in [3.8, 4) is 5.75 Å². The lowest BCUT2D eigenvalue weighted by Gasteiger charge is -2.24. The molecule has 1 unspecified atom stereocenters. The number of hydrogen-bond donors (Lipinski definition) is 3. The van der Waals surface area contributed by atoms with Crippen molar-refractivity contribution in [1.29, 1.82) is 0 Å². The highest BCUT2D eigenvalue weighted by atomic mass is 16.5. The second-order valence-electron chi connectivity index (χ2n) is 6.05. The predicted octanol–water partition coefficient (Wildman–Crippen LogP) is 1.73. The van der Waals surface area contributed by atoms with E-state index in [4.69, 9.17) is 9.84 Å². The van der Waals surface area contributed by atoms with Crippen LogP contribution in [0.4, 0.5) is 0 Å². The largest absolute Gasteiger partial charge is 0.491 e. The lowest BCUT2D eigenvalue weighted by molar-refractivity contribution is 0.102. The van der Waals surface area contributed by atoms with Crippen LogP contribution in [-0.4, -0.2) is 42.6 Å². The minimum atomic E-state index is -0.541. The minimum Gasteiger partial charge on any atom is -0.491 e. The van der Waals surface area contributed by atoms with Crippen LogP contribution >= 0.6 is 0 Å². The molecular weight excluding hydrogens is 254 g/mol. The van der Waals surface area contributed by atoms with Gasteiger partial charge in [-0.2, -0.15) is 0 Å². The summed E-state index contributed by atoms with van der Waals surface area (Å²) < 4.78 is 5.55. The first-order valence-corrected chi connectivity index (χ1v) is 7.12. The van der Waals surface area contributed by atoms with E-state index in [0.29, 0.717) is 6.54 Å². The summed E-state index contributed by atoms with van der Waals surface area (Å²) in [7, 11) is 0. The van der Waals surface area contributed by atoms with Crippen LogP contribution in [0, 0.1) is 12.3 Å². The van der Waals surface area contributed by atoms with E-state index in [1.807, 2.05) is 31.2 Å². The summed E-state index contributed by atoms with van der Waals surface area (Å²) in [6.07, 6.45) is 0.205. The average Bonchev–Trinajstić information content (AvgIpc) is 2.36. The second-order valence-corrected chi connectivity index (χ2v) is 6.05. The van der Waals surface area contributed by atoms with Gasteiger partial charge in [0.1, 0.15) is 18.5 Å². The Morgan fingerprint density at radius 1 is 1.35 bits per heavy atom. The summed E-state index contributed by atoms with van der Waals surface area (Å²) in [6, 6.07) is 7.78. The average molecular weight is 281 g/mol. The summed E-state index contributed by atoms with van der Waals surface area (Å²) in [5, 5.41) is 22.0. The molecule has 114 valence electrons. The smallest absolute Gasteiger partial charge is 0.119 e. The van der Waals surface area contributed by atoms with E-state index in [2.05, 4.69) is 19.2 Å². The van der Waals surface area contributed by atoms with E-state index in [0.717, 1.165) is 24.3 Å². The van der Waals surface area contributed by atoms with Gasteiger partial charge < -0.3 is 20.3 Å². The summed E-state index contributed by atoms with van der Waals surface area (Å²) in [6.45, 7) is 7.89. The monoisotopic (exact) mass is 281 g/mol. The molecule has 0 aliphatic carbocycles. The molecule has 1 aromatic rings. The van der Waals surface area contributed by atoms with Crippen molar-refractivity contribution in [3.63, 3.8) is 0 Å². The Hall–Kier alpha value is -1.10. The van der Waals surface area contributed by atoms with E-state index in [1.54, 1.807) is 0 Å². The molecule has 0 amide bonds. The number of ether oxygens (including phenoxy) is 1. The molecule has 1 rings (SSSR count). The first kappa shape index (κ1) is 17.0. The quantitative estimate of drug-likeness (QED) is 0.645. The molecule has 0 radical (unpaired) electrons. The number of aliphatic hydroxyl groups excluding tert-OH is 2. The van der Waals surface area contributed by atoms with E-state index in [9.17, 15) is 5.11 Å². The fourth-order valence-electron chi connectivity index (χ4n) is 1.92. The molecule has 0 aromatic heterocycles. The summed E-state index contributed by atoms with van der Waals surface area (Å²) in [4.78, 5) is 0. The molecule has 4 nitrogen and oxygen atoms in total. The van der Waals surface area contributed by atoms with Gasteiger partial charge in [0.15, 0.2) is 0 Å². The highest BCUT2D eigenvalue weighted by molar-refractivity contribution is 5.27. The summed E-state index contributed by atoms with van der Waals surface area (Å²) in [5.74, 6) is 0.782. The van der Waals surface area contributed by atoms with Crippen molar-refractivity contribution in [1.82, 2.24) is 5.32 Å². The van der Waals surface area contributed by atoms with Gasteiger partial charge in [-0.3, -0.25) is 0 Å². The first-order chi connectivity index (χ1) is 9.43. The van der Waals surface area contributed by atoms with Gasteiger partial charge in [-0.15, -0.1) is 0 Å². The molecule has 1 aromatic carbocycles. The number of aliphatic hydroxyl groups is 2. The predicted molar refractivity (Wildman–Crippen MR) is 81.0 cm³/mol. The molecule has 0 bridgehead atoms. The molecule has 3 N–H and O–H groups in total. The van der Waals surface area contributed by atoms with Gasteiger partial charge in [-0.05, 0) is 36.5 Å². The van der Waals surface area contributed by atoms with E-state index in [1.165, 1.54) is 0 Å². The van der Waals surface area contributed by atoms with Crippen molar-refractivity contribution in [3.05, 3.63) is 29.8 Å². The van der Waals surface area contributed by atoms with Gasteiger partial charge >= 0.3 is 0 Å². The van der Waals surface area contributed by atoms with Crippen LogP contribution in [0.1, 0.15) is 25.8 Å². The Morgan fingerprint density at radius 2 is 2.10 bits per heavy atom. The van der Waals surface area contributed by atoms with Crippen LogP contribution in [0.5, 0.6) is 5.75 Å². The fraction of sp³-hybridized carbons (Fsp3) is 0.625. The van der Waals surface area contributed by atoms with Gasteiger partial charge in [0.2, 0.25) is 0 Å². The van der Waals surface area contributed by atoms with Crippen LogP contribution in [0.25, 0.3) is 0 Å². The third-order valence-electron chi connectivity index (χ3n) is 3.20. The van der Waals surface area contributed by atoms with Crippen molar-refractivity contribution < 1.29 is 14.9 Å². The van der Waals surface area contributed by atoms with Crippen molar-refractivity contribution in [2.75, 3.05) is 26.3 Å². The third-order valence-corrected chi connectivity index (χ3v) is 3.20. The van der Waals surface area contributed by atoms with Crippen LogP contribution in [0.15, 0.2) is 24.3 Å². The topological polar surface area (TPSA) is 61.7 Å². The molecule has 0 saturated carbocycles. The molecular formula is C16H27NO3. The number of rotatable bonds is 9. The van der Waals surface area contributed by atoms with Crippen LogP contribution in [-0.2, 0) is 0 Å². The second kappa shape index (κ2) is 8.25. The van der Waals surface area contributed by atoms with Gasteiger partial charge in [0, 0.05) is 19.7 Å². The van der Waals surface area contributed by atoms with E-state index < -0.39 is 6.10 Å². The van der Waals surface area contributed by atoms with Gasteiger partial charge in [0.25, 0.3) is 0 Å².